The van der Waals surface area contributed by atoms with E-state index in [2.05, 4.69) is 19.9 Å². The summed E-state index contributed by atoms with van der Waals surface area (Å²) in [4.78, 5) is 11.5. The monoisotopic (exact) mass is 308 g/mol. The van der Waals surface area contributed by atoms with Crippen molar-refractivity contribution in [2.45, 2.75) is 70.6 Å². The zero-order valence-corrected chi connectivity index (χ0v) is 13.6. The van der Waals surface area contributed by atoms with Crippen LogP contribution in [0, 0.1) is 10.8 Å². The molecular formula is C17H24O5. The predicted molar refractivity (Wildman–Crippen MR) is 78.1 cm³/mol. The van der Waals surface area contributed by atoms with Crippen molar-refractivity contribution < 1.29 is 24.1 Å². The lowest BCUT2D eigenvalue weighted by molar-refractivity contribution is -0.230. The lowest BCUT2D eigenvalue weighted by Crippen LogP contribution is -2.65. The molecule has 5 heteroatoms. The van der Waals surface area contributed by atoms with Crippen LogP contribution in [0.2, 0.25) is 0 Å². The summed E-state index contributed by atoms with van der Waals surface area (Å²) in [6.07, 6.45) is 2.28. The van der Waals surface area contributed by atoms with Gasteiger partial charge in [-0.05, 0) is 19.8 Å². The number of esters is 1. The topological polar surface area (TPSA) is 68.3 Å². The Kier molecular flexibility index (Phi) is 2.76. The minimum absolute atomic E-state index is 0.165. The molecule has 4 rings (SSSR count). The summed E-state index contributed by atoms with van der Waals surface area (Å²) < 4.78 is 17.8. The van der Waals surface area contributed by atoms with Gasteiger partial charge in [-0.1, -0.05) is 25.5 Å². The lowest BCUT2D eigenvalue weighted by Gasteiger charge is -2.58. The second-order valence-corrected chi connectivity index (χ2v) is 7.86. The van der Waals surface area contributed by atoms with Gasteiger partial charge in [-0.2, -0.15) is 0 Å². The molecule has 0 aromatic rings. The number of aliphatic hydroxyl groups excluding tert-OH is 1. The number of hydrogen-bond acceptors (Lipinski definition) is 5. The third-order valence-corrected chi connectivity index (χ3v) is 6.83. The number of carbonyl (C=O) groups excluding carboxylic acids is 1. The molecular weight excluding hydrogens is 284 g/mol. The zero-order chi connectivity index (χ0) is 15.9. The Labute approximate surface area is 130 Å². The molecule has 2 aliphatic heterocycles. The molecule has 7 atom stereocenters. The van der Waals surface area contributed by atoms with Gasteiger partial charge >= 0.3 is 5.97 Å². The largest absolute Gasteiger partial charge is 0.460 e. The van der Waals surface area contributed by atoms with Crippen LogP contribution in [-0.4, -0.2) is 47.7 Å². The molecule has 1 spiro atoms. The standard InChI is InChI=1S/C17H24O5/c1-9-5-12(19)16(4)13(6-9)22-14-11(21-10(2)18)7-15(16,3)17(14)8-20-17/h6,11-14,19H,5,7-8H2,1-4H3/t11-,12+,13+,14+,15+,16-,17?/m1/s1. The van der Waals surface area contributed by atoms with Crippen LogP contribution in [0.1, 0.15) is 40.5 Å². The van der Waals surface area contributed by atoms with E-state index >= 15 is 0 Å². The number of epoxide rings is 1. The third kappa shape index (κ3) is 1.47. The van der Waals surface area contributed by atoms with Crippen molar-refractivity contribution in [3.8, 4) is 0 Å². The van der Waals surface area contributed by atoms with Crippen LogP contribution in [-0.2, 0) is 19.0 Å². The van der Waals surface area contributed by atoms with Gasteiger partial charge in [0.15, 0.2) is 0 Å². The Morgan fingerprint density at radius 3 is 2.73 bits per heavy atom. The van der Waals surface area contributed by atoms with Gasteiger partial charge in [0.25, 0.3) is 0 Å². The molecule has 2 heterocycles. The van der Waals surface area contributed by atoms with E-state index < -0.39 is 17.1 Å². The molecule has 0 amide bonds. The van der Waals surface area contributed by atoms with Gasteiger partial charge in [-0.3, -0.25) is 4.79 Å². The fourth-order valence-electron chi connectivity index (χ4n) is 5.27. The third-order valence-electron chi connectivity index (χ3n) is 6.83. The Morgan fingerprint density at radius 2 is 2.14 bits per heavy atom. The number of fused-ring (bicyclic) bond motifs is 2. The zero-order valence-electron chi connectivity index (χ0n) is 13.6. The molecule has 0 aromatic carbocycles. The molecule has 0 aromatic heterocycles. The smallest absolute Gasteiger partial charge is 0.302 e. The molecule has 1 N–H and O–H groups in total. The summed E-state index contributed by atoms with van der Waals surface area (Å²) in [6, 6.07) is 0. The van der Waals surface area contributed by atoms with Gasteiger partial charge in [-0.15, -0.1) is 0 Å². The van der Waals surface area contributed by atoms with Crippen LogP contribution in [0.25, 0.3) is 0 Å². The van der Waals surface area contributed by atoms with E-state index in [1.165, 1.54) is 6.92 Å². The van der Waals surface area contributed by atoms with Crippen LogP contribution >= 0.6 is 0 Å². The first kappa shape index (κ1) is 14.7. The molecule has 2 bridgehead atoms. The SMILES string of the molecule is CC(=O)O[C@@H]1C[C@]2(C)C3(CO3)[C@H]1O[C@H]1C=C(C)C[C@H](O)[C@]12C. The minimum Gasteiger partial charge on any atom is -0.460 e. The summed E-state index contributed by atoms with van der Waals surface area (Å²) in [5.41, 5.74) is 0.0200. The summed E-state index contributed by atoms with van der Waals surface area (Å²) in [6.45, 7) is 8.34. The molecule has 1 unspecified atom stereocenters. The number of hydrogen-bond donors (Lipinski definition) is 1. The van der Waals surface area contributed by atoms with Crippen molar-refractivity contribution in [2.75, 3.05) is 6.61 Å². The Hall–Kier alpha value is -0.910. The second kappa shape index (κ2) is 4.13. The van der Waals surface area contributed by atoms with E-state index in [0.29, 0.717) is 19.4 Å². The summed E-state index contributed by atoms with van der Waals surface area (Å²) >= 11 is 0. The molecule has 2 saturated heterocycles. The number of carbonyl (C=O) groups is 1. The Morgan fingerprint density at radius 1 is 1.45 bits per heavy atom. The van der Waals surface area contributed by atoms with E-state index in [0.717, 1.165) is 5.57 Å². The van der Waals surface area contributed by atoms with Crippen molar-refractivity contribution in [2.24, 2.45) is 10.8 Å². The van der Waals surface area contributed by atoms with Crippen molar-refractivity contribution in [1.29, 1.82) is 0 Å². The van der Waals surface area contributed by atoms with E-state index in [1.54, 1.807) is 0 Å². The first-order chi connectivity index (χ1) is 10.2. The van der Waals surface area contributed by atoms with E-state index in [9.17, 15) is 9.90 Å². The van der Waals surface area contributed by atoms with Crippen molar-refractivity contribution >= 4 is 5.97 Å². The Bertz CT molecular complexity index is 565. The van der Waals surface area contributed by atoms with Crippen LogP contribution in [0.4, 0.5) is 0 Å². The van der Waals surface area contributed by atoms with Crippen LogP contribution < -0.4 is 0 Å². The minimum atomic E-state index is -0.481. The van der Waals surface area contributed by atoms with Crippen molar-refractivity contribution in [3.63, 3.8) is 0 Å². The molecule has 5 nitrogen and oxygen atoms in total. The molecule has 4 aliphatic rings. The number of ether oxygens (including phenoxy) is 3. The molecule has 1 saturated carbocycles. The highest BCUT2D eigenvalue weighted by Gasteiger charge is 2.81. The lowest BCUT2D eigenvalue weighted by atomic mass is 9.51. The predicted octanol–water partition coefficient (Wildman–Crippen LogP) is 1.58. The van der Waals surface area contributed by atoms with Crippen LogP contribution in [0.5, 0.6) is 0 Å². The normalized spacial score (nSPS) is 55.6. The van der Waals surface area contributed by atoms with E-state index in [1.807, 2.05) is 6.92 Å². The molecule has 122 valence electrons. The first-order valence-corrected chi connectivity index (χ1v) is 8.06. The summed E-state index contributed by atoms with van der Waals surface area (Å²) in [5.74, 6) is -0.291. The highest BCUT2D eigenvalue weighted by molar-refractivity contribution is 5.66. The van der Waals surface area contributed by atoms with Gasteiger partial charge in [0.1, 0.15) is 17.8 Å². The van der Waals surface area contributed by atoms with Crippen molar-refractivity contribution in [1.82, 2.24) is 0 Å². The molecule has 3 fully saturated rings. The maximum Gasteiger partial charge on any atom is 0.302 e. The maximum absolute atomic E-state index is 11.5. The van der Waals surface area contributed by atoms with Gasteiger partial charge < -0.3 is 19.3 Å². The van der Waals surface area contributed by atoms with Gasteiger partial charge in [0.05, 0.1) is 18.8 Å². The number of aliphatic hydroxyl groups is 1. The average molecular weight is 308 g/mol. The summed E-state index contributed by atoms with van der Waals surface area (Å²) in [7, 11) is 0. The maximum atomic E-state index is 11.5. The van der Waals surface area contributed by atoms with Gasteiger partial charge in [0.2, 0.25) is 0 Å². The van der Waals surface area contributed by atoms with E-state index in [-0.39, 0.29) is 29.7 Å². The molecule has 22 heavy (non-hydrogen) atoms. The van der Waals surface area contributed by atoms with Crippen LogP contribution in [0.15, 0.2) is 11.6 Å². The van der Waals surface area contributed by atoms with E-state index in [4.69, 9.17) is 14.2 Å². The highest BCUT2D eigenvalue weighted by Crippen LogP contribution is 2.71. The van der Waals surface area contributed by atoms with Gasteiger partial charge in [0, 0.05) is 17.8 Å². The quantitative estimate of drug-likeness (QED) is 0.452. The molecule has 0 radical (unpaired) electrons. The highest BCUT2D eigenvalue weighted by atomic mass is 16.7. The van der Waals surface area contributed by atoms with Gasteiger partial charge in [-0.25, -0.2) is 0 Å². The number of rotatable bonds is 1. The van der Waals surface area contributed by atoms with Crippen molar-refractivity contribution in [3.05, 3.63) is 11.6 Å². The second-order valence-electron chi connectivity index (χ2n) is 7.86. The first-order valence-electron chi connectivity index (χ1n) is 8.06. The molecule has 2 aliphatic carbocycles. The summed E-state index contributed by atoms with van der Waals surface area (Å²) in [5, 5.41) is 10.9. The fraction of sp³-hybridized carbons (Fsp3) is 0.824. The Balaban J connectivity index is 1.81. The fourth-order valence-corrected chi connectivity index (χ4v) is 5.27. The average Bonchev–Trinajstić information content (AvgIpc) is 3.16. The van der Waals surface area contributed by atoms with Crippen LogP contribution in [0.3, 0.4) is 0 Å².